The van der Waals surface area contributed by atoms with Crippen LogP contribution in [0.4, 0.5) is 28.4 Å². The Balaban J connectivity index is 1.23. The number of fused-ring (bicyclic) bond motifs is 6. The highest BCUT2D eigenvalue weighted by atomic mass is 32.1. The van der Waals surface area contributed by atoms with Gasteiger partial charge in [0.1, 0.15) is 0 Å². The number of para-hydroxylation sites is 2. The molecule has 0 radical (unpaired) electrons. The van der Waals surface area contributed by atoms with Gasteiger partial charge in [-0.3, -0.25) is 0 Å². The van der Waals surface area contributed by atoms with Crippen LogP contribution >= 0.6 is 11.3 Å². The molecule has 0 N–H and O–H groups in total. The zero-order valence-corrected chi connectivity index (χ0v) is 45.0. The standard InChI is InChI=1S/C64H78BN3S/c1-15-46(28-26-44(7)62(8,9)10)67-55-33-41(4)34-56-58(55)65(61-60(67)50-37-45(32-40(2)3)27-29-57(50)69-61)53-38-51-52(64(13,14)31-30-63(51,11)12)39-54(53)68(56)59-42(5)35-49(36-43(59)6)66(47-22-18-16-19-23-47)48-24-20-17-21-25-48/h15-25,27-29,33-35,37-38,40,43-44,49,52,59H,1,26,30-32,36,39H2,2-14H3/b46-28+. The SMILES string of the molecule is C=C/C(=C\CC(C)C(C)(C)C)N1c2cc(C)cc3c2B(C2=C(CC4C(=C2)C(C)(C)CCC4(C)C)N3C2C(C)=CC(N(c3ccccc3)c3ccccc3)CC2C)c2sc3ccc(CC(C)C)cc3c21. The third-order valence-corrected chi connectivity index (χ3v) is 18.7. The smallest absolute Gasteiger partial charge is 0.264 e. The third kappa shape index (κ3) is 8.31. The maximum absolute atomic E-state index is 4.61. The van der Waals surface area contributed by atoms with E-state index in [1.807, 2.05) is 0 Å². The van der Waals surface area contributed by atoms with E-state index in [1.165, 1.54) is 84.0 Å². The predicted octanol–water partition coefficient (Wildman–Crippen LogP) is 16.6. The van der Waals surface area contributed by atoms with Crippen LogP contribution < -0.4 is 24.9 Å². The number of nitrogens with zero attached hydrogens (tertiary/aromatic N) is 3. The number of aryl methyl sites for hydroxylation is 1. The van der Waals surface area contributed by atoms with Gasteiger partial charge in [0, 0.05) is 49.0 Å². The lowest BCUT2D eigenvalue weighted by Crippen LogP contribution is -2.60. The molecule has 3 nitrogen and oxygen atoms in total. The van der Waals surface area contributed by atoms with Crippen LogP contribution in [0.3, 0.4) is 0 Å². The fourth-order valence-electron chi connectivity index (χ4n) is 13.2. The van der Waals surface area contributed by atoms with Crippen molar-refractivity contribution in [2.24, 2.45) is 39.9 Å². The Bertz CT molecular complexity index is 2880. The van der Waals surface area contributed by atoms with Gasteiger partial charge >= 0.3 is 0 Å². The fraction of sp³-hybridized carbons (Fsp3) is 0.438. The Morgan fingerprint density at radius 1 is 0.899 bits per heavy atom. The summed E-state index contributed by atoms with van der Waals surface area (Å²) in [5.41, 5.74) is 18.8. The van der Waals surface area contributed by atoms with Crippen molar-refractivity contribution >= 4 is 66.8 Å². The summed E-state index contributed by atoms with van der Waals surface area (Å²) in [5.74, 6) is 1.95. The summed E-state index contributed by atoms with van der Waals surface area (Å²) < 4.78 is 2.87. The predicted molar refractivity (Wildman–Crippen MR) is 303 cm³/mol. The minimum absolute atomic E-state index is 0.135. The molecule has 1 fully saturated rings. The first-order chi connectivity index (χ1) is 32.8. The lowest BCUT2D eigenvalue weighted by Gasteiger charge is -2.55. The quantitative estimate of drug-likeness (QED) is 0.0785. The summed E-state index contributed by atoms with van der Waals surface area (Å²) in [4.78, 5) is 8.19. The molecular formula is C64H78BN3S. The summed E-state index contributed by atoms with van der Waals surface area (Å²) in [6.45, 7) is 36.6. The van der Waals surface area contributed by atoms with E-state index >= 15 is 0 Å². The van der Waals surface area contributed by atoms with E-state index < -0.39 is 0 Å². The molecule has 5 atom stereocenters. The van der Waals surface area contributed by atoms with Crippen LogP contribution in [0.2, 0.25) is 0 Å². The molecule has 4 aromatic carbocycles. The van der Waals surface area contributed by atoms with Crippen LogP contribution in [0.25, 0.3) is 10.1 Å². The highest BCUT2D eigenvalue weighted by molar-refractivity contribution is 7.33. The van der Waals surface area contributed by atoms with E-state index in [0.717, 1.165) is 25.7 Å². The second-order valence-electron chi connectivity index (χ2n) is 24.7. The molecule has 0 bridgehead atoms. The molecule has 5 aliphatic rings. The van der Waals surface area contributed by atoms with Crippen LogP contribution in [0.5, 0.6) is 0 Å². The Kier molecular flexibility index (Phi) is 12.2. The zero-order valence-electron chi connectivity index (χ0n) is 44.2. The summed E-state index contributed by atoms with van der Waals surface area (Å²) in [6.07, 6.45) is 16.7. The number of hydrogen-bond donors (Lipinski definition) is 0. The van der Waals surface area contributed by atoms with Gasteiger partial charge in [0.25, 0.3) is 6.71 Å². The number of anilines is 5. The molecule has 10 rings (SSSR count). The van der Waals surface area contributed by atoms with Crippen molar-refractivity contribution in [3.05, 3.63) is 161 Å². The Morgan fingerprint density at radius 3 is 2.19 bits per heavy atom. The van der Waals surface area contributed by atoms with Crippen molar-refractivity contribution in [2.45, 2.75) is 141 Å². The van der Waals surface area contributed by atoms with E-state index in [-0.39, 0.29) is 35.0 Å². The molecule has 5 aromatic rings. The maximum atomic E-state index is 4.61. The van der Waals surface area contributed by atoms with Gasteiger partial charge in [-0.05, 0) is 169 Å². The van der Waals surface area contributed by atoms with E-state index in [4.69, 9.17) is 0 Å². The second-order valence-corrected chi connectivity index (χ2v) is 25.8. The molecule has 5 unspecified atom stereocenters. The van der Waals surface area contributed by atoms with Gasteiger partial charge in [0.05, 0.1) is 17.8 Å². The van der Waals surface area contributed by atoms with Crippen molar-refractivity contribution in [3.63, 3.8) is 0 Å². The minimum atomic E-state index is 0.135. The zero-order chi connectivity index (χ0) is 48.9. The van der Waals surface area contributed by atoms with Gasteiger partial charge in [-0.2, -0.15) is 0 Å². The van der Waals surface area contributed by atoms with Crippen LogP contribution in [-0.2, 0) is 6.42 Å². The van der Waals surface area contributed by atoms with Gasteiger partial charge in [-0.25, -0.2) is 0 Å². The highest BCUT2D eigenvalue weighted by Crippen LogP contribution is 2.59. The third-order valence-electron chi connectivity index (χ3n) is 17.5. The van der Waals surface area contributed by atoms with Crippen molar-refractivity contribution in [3.8, 4) is 0 Å². The first-order valence-corrected chi connectivity index (χ1v) is 27.2. The van der Waals surface area contributed by atoms with E-state index in [2.05, 4.69) is 238 Å². The molecule has 69 heavy (non-hydrogen) atoms. The van der Waals surface area contributed by atoms with Gasteiger partial charge in [0.2, 0.25) is 0 Å². The summed E-state index contributed by atoms with van der Waals surface area (Å²) in [5, 5.41) is 1.38. The normalized spacial score (nSPS) is 23.2. The van der Waals surface area contributed by atoms with Gasteiger partial charge in [-0.15, -0.1) is 11.3 Å². The topological polar surface area (TPSA) is 9.72 Å². The number of allylic oxidation sites excluding steroid dienone is 6. The van der Waals surface area contributed by atoms with Gasteiger partial charge in [-0.1, -0.05) is 155 Å². The van der Waals surface area contributed by atoms with Crippen molar-refractivity contribution < 1.29 is 0 Å². The molecule has 358 valence electrons. The van der Waals surface area contributed by atoms with Gasteiger partial charge in [0.15, 0.2) is 0 Å². The molecule has 5 heteroatoms. The fourth-order valence-corrected chi connectivity index (χ4v) is 14.5. The molecule has 1 saturated carbocycles. The van der Waals surface area contributed by atoms with Gasteiger partial charge < -0.3 is 14.7 Å². The van der Waals surface area contributed by atoms with Crippen LogP contribution in [-0.4, -0.2) is 18.8 Å². The molecule has 3 heterocycles. The number of thiophene rings is 1. The summed E-state index contributed by atoms with van der Waals surface area (Å²) >= 11 is 2.05. The molecule has 3 aliphatic carbocycles. The molecule has 2 aliphatic heterocycles. The lowest BCUT2D eigenvalue weighted by atomic mass is 9.34. The largest absolute Gasteiger partial charge is 0.339 e. The first-order valence-electron chi connectivity index (χ1n) is 26.4. The maximum Gasteiger partial charge on any atom is 0.264 e. The molecule has 1 aromatic heterocycles. The first kappa shape index (κ1) is 47.7. The average molecular weight is 932 g/mol. The van der Waals surface area contributed by atoms with Crippen molar-refractivity contribution in [1.29, 1.82) is 0 Å². The van der Waals surface area contributed by atoms with E-state index in [9.17, 15) is 0 Å². The Labute approximate surface area is 420 Å². The average Bonchev–Trinajstić information content (AvgIpc) is 3.67. The van der Waals surface area contributed by atoms with Crippen LogP contribution in [0.1, 0.15) is 126 Å². The van der Waals surface area contributed by atoms with E-state index in [1.54, 1.807) is 16.7 Å². The Morgan fingerprint density at radius 2 is 1.57 bits per heavy atom. The van der Waals surface area contributed by atoms with Crippen molar-refractivity contribution in [2.75, 3.05) is 14.7 Å². The van der Waals surface area contributed by atoms with Crippen LogP contribution in [0, 0.1) is 46.8 Å². The van der Waals surface area contributed by atoms with Crippen molar-refractivity contribution in [1.82, 2.24) is 0 Å². The molecule has 0 amide bonds. The minimum Gasteiger partial charge on any atom is -0.339 e. The monoisotopic (exact) mass is 932 g/mol. The molecule has 0 spiro atoms. The second kappa shape index (κ2) is 17.7. The summed E-state index contributed by atoms with van der Waals surface area (Å²) in [6, 6.07) is 35.1. The lowest BCUT2D eigenvalue weighted by molar-refractivity contribution is 0.120. The number of benzene rings is 4. The number of rotatable bonds is 10. The Hall–Kier alpha value is -5.00. The number of hydrogen-bond acceptors (Lipinski definition) is 4. The van der Waals surface area contributed by atoms with Crippen LogP contribution in [0.15, 0.2) is 150 Å². The summed E-state index contributed by atoms with van der Waals surface area (Å²) in [7, 11) is 0. The highest BCUT2D eigenvalue weighted by Gasteiger charge is 2.53. The molecule has 0 saturated heterocycles. The molecular weight excluding hydrogens is 854 g/mol. The van der Waals surface area contributed by atoms with E-state index in [0.29, 0.717) is 23.7 Å².